The molecule has 2 N–H and O–H groups in total. The lowest BCUT2D eigenvalue weighted by molar-refractivity contribution is 1.17. The lowest BCUT2D eigenvalue weighted by atomic mass is 10.0. The Kier molecular flexibility index (Phi) is 3.43. The normalized spacial score (nSPS) is 11.2. The van der Waals surface area contributed by atoms with Gasteiger partial charge in [-0.15, -0.1) is 0 Å². The number of rotatable bonds is 2. The summed E-state index contributed by atoms with van der Waals surface area (Å²) < 4.78 is 0. The highest BCUT2D eigenvalue weighted by Crippen LogP contribution is 2.32. The minimum absolute atomic E-state index is 0.781. The van der Waals surface area contributed by atoms with Gasteiger partial charge in [-0.1, -0.05) is 48.2 Å². The molecule has 0 unspecified atom stereocenters. The maximum Gasteiger partial charge on any atom is 0.102 e. The van der Waals surface area contributed by atoms with Gasteiger partial charge in [0.2, 0.25) is 0 Å². The molecular formula is C20H16N2S. The first-order valence-electron chi connectivity index (χ1n) is 7.53. The fraction of sp³-hybridized carbons (Fsp3) is 0.0500. The standard InChI is InChI=1S/C20H16N2S/c1-13-12-19(23-16-9-7-15(21)8-10-16)22-20-17(13)11-6-14-4-2-3-5-18(14)20/h2-12H,21H2,1H3. The zero-order chi connectivity index (χ0) is 15.8. The maximum absolute atomic E-state index is 5.76. The van der Waals surface area contributed by atoms with Gasteiger partial charge in [-0.3, -0.25) is 0 Å². The second-order valence-corrected chi connectivity index (χ2v) is 6.73. The van der Waals surface area contributed by atoms with Crippen molar-refractivity contribution in [1.82, 2.24) is 4.98 Å². The number of aryl methyl sites for hydroxylation is 1. The first-order valence-corrected chi connectivity index (χ1v) is 8.35. The molecule has 0 amide bonds. The number of nitrogen functional groups attached to an aromatic ring is 1. The van der Waals surface area contributed by atoms with E-state index in [1.54, 1.807) is 11.8 Å². The van der Waals surface area contributed by atoms with Gasteiger partial charge in [-0.25, -0.2) is 4.98 Å². The van der Waals surface area contributed by atoms with Crippen LogP contribution < -0.4 is 5.73 Å². The summed E-state index contributed by atoms with van der Waals surface area (Å²) in [6, 6.07) is 22.8. The smallest absolute Gasteiger partial charge is 0.102 e. The van der Waals surface area contributed by atoms with Crippen LogP contribution in [0.25, 0.3) is 21.7 Å². The van der Waals surface area contributed by atoms with Crippen LogP contribution in [-0.2, 0) is 0 Å². The van der Waals surface area contributed by atoms with Crippen LogP contribution in [-0.4, -0.2) is 4.98 Å². The van der Waals surface area contributed by atoms with Gasteiger partial charge in [-0.2, -0.15) is 0 Å². The van der Waals surface area contributed by atoms with E-state index < -0.39 is 0 Å². The van der Waals surface area contributed by atoms with Gasteiger partial charge < -0.3 is 5.73 Å². The fourth-order valence-electron chi connectivity index (χ4n) is 2.81. The van der Waals surface area contributed by atoms with Crippen LogP contribution in [0.4, 0.5) is 5.69 Å². The molecule has 2 nitrogen and oxygen atoms in total. The maximum atomic E-state index is 5.76. The SMILES string of the molecule is Cc1cc(Sc2ccc(N)cc2)nc2c1ccc1ccccc12. The minimum Gasteiger partial charge on any atom is -0.399 e. The Labute approximate surface area is 139 Å². The number of nitrogens with two attached hydrogens (primary N) is 1. The van der Waals surface area contributed by atoms with Crippen LogP contribution in [0.2, 0.25) is 0 Å². The number of aromatic nitrogens is 1. The number of nitrogens with zero attached hydrogens (tertiary/aromatic N) is 1. The van der Waals surface area contributed by atoms with Crippen molar-refractivity contribution in [3.8, 4) is 0 Å². The Morgan fingerprint density at radius 2 is 1.65 bits per heavy atom. The van der Waals surface area contributed by atoms with Gasteiger partial charge in [0.1, 0.15) is 5.03 Å². The zero-order valence-electron chi connectivity index (χ0n) is 12.8. The lowest BCUT2D eigenvalue weighted by Crippen LogP contribution is -1.89. The molecule has 23 heavy (non-hydrogen) atoms. The molecular weight excluding hydrogens is 300 g/mol. The van der Waals surface area contributed by atoms with E-state index in [4.69, 9.17) is 10.7 Å². The molecule has 112 valence electrons. The third kappa shape index (κ3) is 2.64. The predicted molar refractivity (Wildman–Crippen MR) is 99.0 cm³/mol. The Morgan fingerprint density at radius 3 is 2.48 bits per heavy atom. The highest BCUT2D eigenvalue weighted by atomic mass is 32.2. The summed E-state index contributed by atoms with van der Waals surface area (Å²) in [5, 5.41) is 4.65. The highest BCUT2D eigenvalue weighted by molar-refractivity contribution is 7.99. The number of benzene rings is 3. The number of pyridine rings is 1. The molecule has 0 saturated carbocycles. The molecule has 0 atom stereocenters. The van der Waals surface area contributed by atoms with Gasteiger partial charge in [0.05, 0.1) is 5.52 Å². The van der Waals surface area contributed by atoms with Gasteiger partial charge in [-0.05, 0) is 48.2 Å². The summed E-state index contributed by atoms with van der Waals surface area (Å²) in [6.07, 6.45) is 0. The van der Waals surface area contributed by atoms with Crippen LogP contribution in [0.1, 0.15) is 5.56 Å². The Morgan fingerprint density at radius 1 is 0.870 bits per heavy atom. The summed E-state index contributed by atoms with van der Waals surface area (Å²) in [5.41, 5.74) is 8.86. The predicted octanol–water partition coefficient (Wildman–Crippen LogP) is 5.43. The first kappa shape index (κ1) is 14.1. The Balaban J connectivity index is 1.87. The summed E-state index contributed by atoms with van der Waals surface area (Å²) in [7, 11) is 0. The molecule has 3 aromatic carbocycles. The van der Waals surface area contributed by atoms with Gasteiger partial charge in [0.25, 0.3) is 0 Å². The molecule has 3 heteroatoms. The molecule has 0 radical (unpaired) electrons. The van der Waals surface area contributed by atoms with E-state index in [1.165, 1.54) is 21.7 Å². The molecule has 0 saturated heterocycles. The first-order chi connectivity index (χ1) is 11.2. The average Bonchev–Trinajstić information content (AvgIpc) is 2.57. The Hall–Kier alpha value is -2.52. The van der Waals surface area contributed by atoms with E-state index in [1.807, 2.05) is 24.3 Å². The van der Waals surface area contributed by atoms with Crippen molar-refractivity contribution >= 4 is 39.1 Å². The molecule has 0 aliphatic heterocycles. The van der Waals surface area contributed by atoms with Crippen molar-refractivity contribution in [3.63, 3.8) is 0 Å². The van der Waals surface area contributed by atoms with Gasteiger partial charge in [0.15, 0.2) is 0 Å². The van der Waals surface area contributed by atoms with Crippen LogP contribution in [0.5, 0.6) is 0 Å². The molecule has 1 aromatic heterocycles. The fourth-order valence-corrected chi connectivity index (χ4v) is 3.69. The van der Waals surface area contributed by atoms with Crippen molar-refractivity contribution in [1.29, 1.82) is 0 Å². The number of hydrogen-bond donors (Lipinski definition) is 1. The molecule has 4 rings (SSSR count). The van der Waals surface area contributed by atoms with Crippen LogP contribution in [0.3, 0.4) is 0 Å². The van der Waals surface area contributed by atoms with Gasteiger partial charge in [0, 0.05) is 21.4 Å². The third-order valence-corrected chi connectivity index (χ3v) is 4.92. The largest absolute Gasteiger partial charge is 0.399 e. The van der Waals surface area contributed by atoms with E-state index in [9.17, 15) is 0 Å². The molecule has 0 aliphatic carbocycles. The van der Waals surface area contributed by atoms with Crippen LogP contribution in [0, 0.1) is 6.92 Å². The van der Waals surface area contributed by atoms with E-state index in [2.05, 4.69) is 49.4 Å². The lowest BCUT2D eigenvalue weighted by Gasteiger charge is -2.09. The monoisotopic (exact) mass is 316 g/mol. The molecule has 0 spiro atoms. The second-order valence-electron chi connectivity index (χ2n) is 5.63. The van der Waals surface area contributed by atoms with Crippen molar-refractivity contribution in [2.24, 2.45) is 0 Å². The number of anilines is 1. The quantitative estimate of drug-likeness (QED) is 0.396. The van der Waals surface area contributed by atoms with Crippen molar-refractivity contribution < 1.29 is 0 Å². The highest BCUT2D eigenvalue weighted by Gasteiger charge is 2.08. The molecule has 1 heterocycles. The van der Waals surface area contributed by atoms with E-state index >= 15 is 0 Å². The zero-order valence-corrected chi connectivity index (χ0v) is 13.6. The van der Waals surface area contributed by atoms with Gasteiger partial charge >= 0.3 is 0 Å². The van der Waals surface area contributed by atoms with Crippen molar-refractivity contribution in [2.75, 3.05) is 5.73 Å². The summed E-state index contributed by atoms with van der Waals surface area (Å²) >= 11 is 1.67. The van der Waals surface area contributed by atoms with E-state index in [0.717, 1.165) is 21.1 Å². The summed E-state index contributed by atoms with van der Waals surface area (Å²) in [4.78, 5) is 6.06. The van der Waals surface area contributed by atoms with E-state index in [-0.39, 0.29) is 0 Å². The molecule has 0 bridgehead atoms. The van der Waals surface area contributed by atoms with Crippen LogP contribution in [0.15, 0.2) is 76.7 Å². The van der Waals surface area contributed by atoms with Crippen molar-refractivity contribution in [3.05, 3.63) is 72.3 Å². The second kappa shape index (κ2) is 5.60. The average molecular weight is 316 g/mol. The molecule has 4 aromatic rings. The summed E-state index contributed by atoms with van der Waals surface area (Å²) in [5.74, 6) is 0. The molecule has 0 aliphatic rings. The molecule has 0 fully saturated rings. The topological polar surface area (TPSA) is 38.9 Å². The minimum atomic E-state index is 0.781. The third-order valence-electron chi connectivity index (χ3n) is 3.99. The summed E-state index contributed by atoms with van der Waals surface area (Å²) in [6.45, 7) is 2.14. The van der Waals surface area contributed by atoms with Crippen LogP contribution >= 0.6 is 11.8 Å². The number of fused-ring (bicyclic) bond motifs is 3. The Bertz CT molecular complexity index is 1010. The number of hydrogen-bond acceptors (Lipinski definition) is 3. The van der Waals surface area contributed by atoms with Crippen molar-refractivity contribution in [2.45, 2.75) is 16.8 Å². The van der Waals surface area contributed by atoms with E-state index in [0.29, 0.717) is 0 Å².